The maximum atomic E-state index is 2.24. The van der Waals surface area contributed by atoms with Crippen molar-refractivity contribution in [2.24, 2.45) is 17.8 Å². The van der Waals surface area contributed by atoms with E-state index in [0.717, 1.165) is 17.8 Å². The average Bonchev–Trinajstić information content (AvgIpc) is 1.89. The van der Waals surface area contributed by atoms with Crippen LogP contribution in [-0.4, -0.2) is 0 Å². The molecule has 0 saturated carbocycles. The van der Waals surface area contributed by atoms with Gasteiger partial charge < -0.3 is 0 Å². The van der Waals surface area contributed by atoms with Gasteiger partial charge in [-0.05, 0) is 17.8 Å². The predicted octanol–water partition coefficient (Wildman–Crippen LogP) is 4.99. The predicted molar refractivity (Wildman–Crippen MR) is 61.5 cm³/mol. The van der Waals surface area contributed by atoms with E-state index >= 15 is 0 Å². The number of rotatable bonds is 2. The van der Waals surface area contributed by atoms with Crippen molar-refractivity contribution in [3.63, 3.8) is 0 Å². The molecule has 0 aliphatic rings. The Morgan fingerprint density at radius 2 is 0.917 bits per heavy atom. The summed E-state index contributed by atoms with van der Waals surface area (Å²) in [4.78, 5) is 0. The second-order valence-electron chi connectivity index (χ2n) is 4.29. The topological polar surface area (TPSA) is 0 Å². The fourth-order valence-electron chi connectivity index (χ4n) is 0. The van der Waals surface area contributed by atoms with Gasteiger partial charge in [-0.1, -0.05) is 62.3 Å². The van der Waals surface area contributed by atoms with Gasteiger partial charge in [0.15, 0.2) is 0 Å². The number of hydrogen-bond acceptors (Lipinski definition) is 0. The van der Waals surface area contributed by atoms with Crippen molar-refractivity contribution in [3.8, 4) is 0 Å². The van der Waals surface area contributed by atoms with Gasteiger partial charge in [-0.3, -0.25) is 0 Å². The molecule has 0 heteroatoms. The molecule has 0 spiro atoms. The minimum absolute atomic E-state index is 0. The lowest BCUT2D eigenvalue weighted by Crippen LogP contribution is -1.95. The first-order chi connectivity index (χ1) is 4.91. The molecule has 0 rings (SSSR count). The SMILES string of the molecule is C.CC(C)C(C)C.CCC(C)C. The van der Waals surface area contributed by atoms with Crippen LogP contribution in [0.5, 0.6) is 0 Å². The van der Waals surface area contributed by atoms with Crippen LogP contribution < -0.4 is 0 Å². The average molecular weight is 174 g/mol. The molecule has 0 heterocycles. The summed E-state index contributed by atoms with van der Waals surface area (Å²) in [7, 11) is 0. The third kappa shape index (κ3) is 22.5. The molecule has 0 aliphatic carbocycles. The van der Waals surface area contributed by atoms with Crippen LogP contribution in [0.3, 0.4) is 0 Å². The Morgan fingerprint density at radius 1 is 0.750 bits per heavy atom. The molecule has 0 amide bonds. The Bertz CT molecular complexity index is 54.4. The number of hydrogen-bond donors (Lipinski definition) is 0. The normalized spacial score (nSPS) is 9.50. The summed E-state index contributed by atoms with van der Waals surface area (Å²) in [5, 5.41) is 0. The van der Waals surface area contributed by atoms with Gasteiger partial charge in [0.25, 0.3) is 0 Å². The maximum absolute atomic E-state index is 2.24. The minimum Gasteiger partial charge on any atom is -0.0776 e. The molecule has 0 aliphatic heterocycles. The largest absolute Gasteiger partial charge is 0.0776 e. The molecule has 0 unspecified atom stereocenters. The summed E-state index contributed by atoms with van der Waals surface area (Å²) in [5.41, 5.74) is 0. The van der Waals surface area contributed by atoms with Gasteiger partial charge >= 0.3 is 0 Å². The van der Waals surface area contributed by atoms with Gasteiger partial charge in [0, 0.05) is 0 Å². The molecule has 0 aromatic carbocycles. The minimum atomic E-state index is 0. The van der Waals surface area contributed by atoms with E-state index in [9.17, 15) is 0 Å². The van der Waals surface area contributed by atoms with Crippen molar-refractivity contribution < 1.29 is 0 Å². The van der Waals surface area contributed by atoms with E-state index in [-0.39, 0.29) is 7.43 Å². The van der Waals surface area contributed by atoms with Crippen molar-refractivity contribution in [2.45, 2.75) is 62.3 Å². The lowest BCUT2D eigenvalue weighted by molar-refractivity contribution is 0.457. The van der Waals surface area contributed by atoms with Crippen molar-refractivity contribution >= 4 is 0 Å². The summed E-state index contributed by atoms with van der Waals surface area (Å²) >= 11 is 0. The highest BCUT2D eigenvalue weighted by atomic mass is 14.0. The Kier molecular flexibility index (Phi) is 16.4. The molecule has 0 saturated heterocycles. The Balaban J connectivity index is -0.000000126. The van der Waals surface area contributed by atoms with Crippen LogP contribution in [0.1, 0.15) is 62.3 Å². The van der Waals surface area contributed by atoms with Gasteiger partial charge in [-0.15, -0.1) is 0 Å². The van der Waals surface area contributed by atoms with E-state index in [1.165, 1.54) is 6.42 Å². The van der Waals surface area contributed by atoms with Crippen LogP contribution in [0.25, 0.3) is 0 Å². The van der Waals surface area contributed by atoms with Crippen molar-refractivity contribution in [1.29, 1.82) is 0 Å². The molecule has 0 fully saturated rings. The smallest absolute Gasteiger partial charge is 0.0448 e. The maximum Gasteiger partial charge on any atom is -0.0448 e. The lowest BCUT2D eigenvalue weighted by atomic mass is 10.0. The molecule has 0 aromatic heterocycles. The van der Waals surface area contributed by atoms with E-state index in [0.29, 0.717) is 0 Å². The summed E-state index contributed by atoms with van der Waals surface area (Å²) in [6.07, 6.45) is 1.31. The Labute approximate surface area is 80.8 Å². The van der Waals surface area contributed by atoms with Crippen molar-refractivity contribution in [3.05, 3.63) is 0 Å². The molecule has 12 heavy (non-hydrogen) atoms. The van der Waals surface area contributed by atoms with Gasteiger partial charge in [0.2, 0.25) is 0 Å². The zero-order valence-electron chi connectivity index (χ0n) is 9.44. The summed E-state index contributed by atoms with van der Waals surface area (Å²) in [6.45, 7) is 15.6. The molecule has 0 aromatic rings. The fourth-order valence-corrected chi connectivity index (χ4v) is 0. The fraction of sp³-hybridized carbons (Fsp3) is 1.00. The van der Waals surface area contributed by atoms with Crippen molar-refractivity contribution in [1.82, 2.24) is 0 Å². The molecule has 0 nitrogen and oxygen atoms in total. The standard InChI is InChI=1S/C6H14.C5H12.CH4/c1-5(2)6(3)4;1-4-5(2)3;/h5-6H,1-4H3;5H,4H2,1-3H3;1H4. The van der Waals surface area contributed by atoms with E-state index in [1.807, 2.05) is 0 Å². The Morgan fingerprint density at radius 3 is 0.917 bits per heavy atom. The Hall–Kier alpha value is 0. The molecule has 0 atom stereocenters. The van der Waals surface area contributed by atoms with E-state index in [4.69, 9.17) is 0 Å². The van der Waals surface area contributed by atoms with Crippen LogP contribution in [0.2, 0.25) is 0 Å². The van der Waals surface area contributed by atoms with Gasteiger partial charge in [-0.2, -0.15) is 0 Å². The lowest BCUT2D eigenvalue weighted by Gasteiger charge is -2.05. The monoisotopic (exact) mass is 174 g/mol. The zero-order valence-corrected chi connectivity index (χ0v) is 9.44. The third-order valence-corrected chi connectivity index (χ3v) is 2.15. The van der Waals surface area contributed by atoms with Gasteiger partial charge in [-0.25, -0.2) is 0 Å². The second kappa shape index (κ2) is 11.0. The van der Waals surface area contributed by atoms with Gasteiger partial charge in [0.05, 0.1) is 0 Å². The van der Waals surface area contributed by atoms with E-state index in [2.05, 4.69) is 48.5 Å². The molecule has 0 N–H and O–H groups in total. The quantitative estimate of drug-likeness (QED) is 0.553. The molecule has 78 valence electrons. The summed E-state index contributed by atoms with van der Waals surface area (Å²) < 4.78 is 0. The van der Waals surface area contributed by atoms with Crippen LogP contribution in [-0.2, 0) is 0 Å². The highest BCUT2D eigenvalue weighted by Gasteiger charge is 1.95. The molecular weight excluding hydrogens is 144 g/mol. The molecule has 0 bridgehead atoms. The van der Waals surface area contributed by atoms with Crippen LogP contribution in [0, 0.1) is 17.8 Å². The highest BCUT2D eigenvalue weighted by Crippen LogP contribution is 2.05. The first-order valence-corrected chi connectivity index (χ1v) is 4.91. The summed E-state index contributed by atoms with van der Waals surface area (Å²) in [5.74, 6) is 2.59. The van der Waals surface area contributed by atoms with E-state index in [1.54, 1.807) is 0 Å². The molecular formula is C12H30. The molecule has 0 radical (unpaired) electrons. The van der Waals surface area contributed by atoms with Crippen molar-refractivity contribution in [2.75, 3.05) is 0 Å². The second-order valence-corrected chi connectivity index (χ2v) is 4.29. The van der Waals surface area contributed by atoms with E-state index < -0.39 is 0 Å². The summed E-state index contributed by atoms with van der Waals surface area (Å²) in [6, 6.07) is 0. The zero-order chi connectivity index (χ0) is 9.44. The van der Waals surface area contributed by atoms with Gasteiger partial charge in [0.1, 0.15) is 0 Å². The van der Waals surface area contributed by atoms with Crippen LogP contribution in [0.15, 0.2) is 0 Å². The first-order valence-electron chi connectivity index (χ1n) is 4.91. The third-order valence-electron chi connectivity index (χ3n) is 2.15. The highest BCUT2D eigenvalue weighted by molar-refractivity contribution is 4.46. The van der Waals surface area contributed by atoms with Crippen LogP contribution in [0.4, 0.5) is 0 Å². The van der Waals surface area contributed by atoms with Crippen LogP contribution >= 0.6 is 0 Å². The first kappa shape index (κ1) is 17.9.